The number of aryl methyl sites for hydroxylation is 1. The third-order valence-corrected chi connectivity index (χ3v) is 4.23. The topological polar surface area (TPSA) is 82.8 Å². The van der Waals surface area contributed by atoms with Gasteiger partial charge in [-0.1, -0.05) is 0 Å². The summed E-state index contributed by atoms with van der Waals surface area (Å²) in [6.07, 6.45) is 3.51. The largest absolute Gasteiger partial charge is 0.351 e. The molecule has 1 aromatic heterocycles. The molecule has 0 bridgehead atoms. The van der Waals surface area contributed by atoms with Crippen molar-refractivity contribution in [1.29, 1.82) is 0 Å². The summed E-state index contributed by atoms with van der Waals surface area (Å²) in [6, 6.07) is 1.58. The quantitative estimate of drug-likeness (QED) is 0.845. The highest BCUT2D eigenvalue weighted by atomic mass is 16.2. The predicted octanol–water partition coefficient (Wildman–Crippen LogP) is 0.187. The maximum atomic E-state index is 12.0. The van der Waals surface area contributed by atoms with Crippen LogP contribution >= 0.6 is 0 Å². The molecule has 0 aliphatic carbocycles. The molecule has 3 rings (SSSR count). The van der Waals surface area contributed by atoms with Gasteiger partial charge < -0.3 is 10.6 Å². The van der Waals surface area contributed by atoms with Crippen LogP contribution in [0, 0.1) is 0 Å². The molecule has 2 aliphatic rings. The van der Waals surface area contributed by atoms with E-state index in [0.29, 0.717) is 25.5 Å². The van der Waals surface area contributed by atoms with Gasteiger partial charge in [0.2, 0.25) is 5.91 Å². The third kappa shape index (κ3) is 2.89. The number of anilines is 1. The number of aromatic nitrogens is 1. The SMILES string of the molecule is CN1CCN(Cc2cnc3c(c2)CCCN3C(N)=O)C(=O)C1. The Morgan fingerprint density at radius 3 is 2.91 bits per heavy atom. The van der Waals surface area contributed by atoms with Gasteiger partial charge in [-0.2, -0.15) is 0 Å². The number of hydrogen-bond acceptors (Lipinski definition) is 4. The molecule has 2 aliphatic heterocycles. The first-order valence-electron chi connectivity index (χ1n) is 7.55. The van der Waals surface area contributed by atoms with Crippen molar-refractivity contribution in [3.63, 3.8) is 0 Å². The van der Waals surface area contributed by atoms with E-state index in [9.17, 15) is 9.59 Å². The number of nitrogens with zero attached hydrogens (tertiary/aromatic N) is 4. The molecule has 22 heavy (non-hydrogen) atoms. The first kappa shape index (κ1) is 14.8. The molecule has 3 heterocycles. The van der Waals surface area contributed by atoms with Gasteiger partial charge in [0.1, 0.15) is 5.82 Å². The summed E-state index contributed by atoms with van der Waals surface area (Å²) in [5, 5.41) is 0. The standard InChI is InChI=1S/C15H21N5O2/c1-18-5-6-19(13(21)10-18)9-11-7-12-3-2-4-20(15(16)22)14(12)17-8-11/h7-8H,2-6,9-10H2,1H3,(H2,16,22). The first-order valence-corrected chi connectivity index (χ1v) is 7.55. The van der Waals surface area contributed by atoms with Gasteiger partial charge >= 0.3 is 6.03 Å². The van der Waals surface area contributed by atoms with Crippen LogP contribution in [0.4, 0.5) is 10.6 Å². The van der Waals surface area contributed by atoms with Crippen LogP contribution in [0.2, 0.25) is 0 Å². The van der Waals surface area contributed by atoms with E-state index in [1.54, 1.807) is 6.20 Å². The average Bonchev–Trinajstić information content (AvgIpc) is 2.49. The van der Waals surface area contributed by atoms with E-state index in [2.05, 4.69) is 4.98 Å². The smallest absolute Gasteiger partial charge is 0.320 e. The van der Waals surface area contributed by atoms with Crippen LogP contribution < -0.4 is 10.6 Å². The van der Waals surface area contributed by atoms with E-state index >= 15 is 0 Å². The zero-order valence-corrected chi connectivity index (χ0v) is 12.8. The van der Waals surface area contributed by atoms with E-state index in [-0.39, 0.29) is 5.91 Å². The highest BCUT2D eigenvalue weighted by molar-refractivity contribution is 5.90. The number of nitrogens with two attached hydrogens (primary N) is 1. The molecule has 0 spiro atoms. The Morgan fingerprint density at radius 2 is 2.18 bits per heavy atom. The summed E-state index contributed by atoms with van der Waals surface area (Å²) in [4.78, 5) is 33.3. The maximum Gasteiger partial charge on any atom is 0.320 e. The van der Waals surface area contributed by atoms with Crippen LogP contribution in [0.1, 0.15) is 17.5 Å². The second-order valence-electron chi connectivity index (χ2n) is 5.97. The van der Waals surface area contributed by atoms with Gasteiger partial charge in [-0.3, -0.25) is 14.6 Å². The van der Waals surface area contributed by atoms with Crippen molar-refractivity contribution in [2.75, 3.05) is 38.1 Å². The molecular formula is C15H21N5O2. The zero-order chi connectivity index (χ0) is 15.7. The second-order valence-corrected chi connectivity index (χ2v) is 5.97. The number of carbonyl (C=O) groups is 2. The molecular weight excluding hydrogens is 282 g/mol. The fourth-order valence-corrected chi connectivity index (χ4v) is 3.03. The Morgan fingerprint density at radius 1 is 1.36 bits per heavy atom. The molecule has 0 atom stereocenters. The molecule has 3 amide bonds. The molecule has 0 radical (unpaired) electrons. The molecule has 0 saturated carbocycles. The van der Waals surface area contributed by atoms with E-state index in [4.69, 9.17) is 5.73 Å². The minimum atomic E-state index is -0.463. The number of primary amides is 1. The molecule has 118 valence electrons. The van der Waals surface area contributed by atoms with Crippen LogP contribution in [-0.2, 0) is 17.8 Å². The lowest BCUT2D eigenvalue weighted by Gasteiger charge is -2.32. The predicted molar refractivity (Wildman–Crippen MR) is 82.4 cm³/mol. The Balaban J connectivity index is 1.76. The number of likely N-dealkylation sites (N-methyl/N-ethyl adjacent to an activating group) is 1. The van der Waals surface area contributed by atoms with E-state index in [1.807, 2.05) is 22.9 Å². The van der Waals surface area contributed by atoms with Crippen molar-refractivity contribution in [3.05, 3.63) is 23.4 Å². The summed E-state index contributed by atoms with van der Waals surface area (Å²) in [6.45, 7) is 3.28. The van der Waals surface area contributed by atoms with Crippen molar-refractivity contribution in [1.82, 2.24) is 14.8 Å². The zero-order valence-electron chi connectivity index (χ0n) is 12.8. The Bertz CT molecular complexity index is 604. The lowest BCUT2D eigenvalue weighted by atomic mass is 10.0. The van der Waals surface area contributed by atoms with E-state index in [0.717, 1.165) is 37.1 Å². The highest BCUT2D eigenvalue weighted by Gasteiger charge is 2.24. The van der Waals surface area contributed by atoms with Crippen molar-refractivity contribution in [2.45, 2.75) is 19.4 Å². The summed E-state index contributed by atoms with van der Waals surface area (Å²) in [7, 11) is 1.95. The first-order chi connectivity index (χ1) is 10.5. The number of hydrogen-bond donors (Lipinski definition) is 1. The fraction of sp³-hybridized carbons (Fsp3) is 0.533. The number of amides is 3. The Kier molecular flexibility index (Phi) is 3.98. The number of rotatable bonds is 2. The summed E-state index contributed by atoms with van der Waals surface area (Å²) >= 11 is 0. The van der Waals surface area contributed by atoms with Gasteiger partial charge in [-0.05, 0) is 37.1 Å². The molecule has 2 N–H and O–H groups in total. The van der Waals surface area contributed by atoms with Crippen LogP contribution in [0.15, 0.2) is 12.3 Å². The van der Waals surface area contributed by atoms with Crippen LogP contribution in [-0.4, -0.2) is 59.9 Å². The Labute approximate surface area is 129 Å². The fourth-order valence-electron chi connectivity index (χ4n) is 3.03. The van der Waals surface area contributed by atoms with Crippen LogP contribution in [0.3, 0.4) is 0 Å². The molecule has 0 unspecified atom stereocenters. The van der Waals surface area contributed by atoms with Gasteiger partial charge in [-0.15, -0.1) is 0 Å². The van der Waals surface area contributed by atoms with Gasteiger partial charge in [0, 0.05) is 32.4 Å². The van der Waals surface area contributed by atoms with Crippen LogP contribution in [0.5, 0.6) is 0 Å². The van der Waals surface area contributed by atoms with Gasteiger partial charge in [0.15, 0.2) is 0 Å². The number of urea groups is 1. The van der Waals surface area contributed by atoms with Crippen molar-refractivity contribution >= 4 is 17.8 Å². The normalized spacial score (nSPS) is 19.2. The summed E-state index contributed by atoms with van der Waals surface area (Å²) in [5.74, 6) is 0.803. The molecule has 7 nitrogen and oxygen atoms in total. The summed E-state index contributed by atoms with van der Waals surface area (Å²) in [5.41, 5.74) is 7.42. The van der Waals surface area contributed by atoms with E-state index in [1.165, 1.54) is 4.90 Å². The molecule has 1 saturated heterocycles. The van der Waals surface area contributed by atoms with Crippen LogP contribution in [0.25, 0.3) is 0 Å². The maximum absolute atomic E-state index is 12.0. The van der Waals surface area contributed by atoms with Gasteiger partial charge in [-0.25, -0.2) is 9.78 Å². The van der Waals surface area contributed by atoms with Gasteiger partial charge in [0.05, 0.1) is 6.54 Å². The Hall–Kier alpha value is -2.15. The monoisotopic (exact) mass is 303 g/mol. The minimum Gasteiger partial charge on any atom is -0.351 e. The third-order valence-electron chi connectivity index (χ3n) is 4.23. The van der Waals surface area contributed by atoms with Crippen molar-refractivity contribution in [2.24, 2.45) is 5.73 Å². The average molecular weight is 303 g/mol. The molecule has 0 aromatic carbocycles. The molecule has 1 fully saturated rings. The van der Waals surface area contributed by atoms with Gasteiger partial charge in [0.25, 0.3) is 0 Å². The molecule has 1 aromatic rings. The lowest BCUT2D eigenvalue weighted by molar-refractivity contribution is -0.136. The minimum absolute atomic E-state index is 0.144. The summed E-state index contributed by atoms with van der Waals surface area (Å²) < 4.78 is 0. The number of pyridine rings is 1. The lowest BCUT2D eigenvalue weighted by Crippen LogP contribution is -2.48. The van der Waals surface area contributed by atoms with Crippen molar-refractivity contribution in [3.8, 4) is 0 Å². The molecule has 7 heteroatoms. The number of piperazine rings is 1. The van der Waals surface area contributed by atoms with Crippen molar-refractivity contribution < 1.29 is 9.59 Å². The highest BCUT2D eigenvalue weighted by Crippen LogP contribution is 2.25. The number of fused-ring (bicyclic) bond motifs is 1. The van der Waals surface area contributed by atoms with E-state index < -0.39 is 6.03 Å². The second kappa shape index (κ2) is 5.92. The number of carbonyl (C=O) groups excluding carboxylic acids is 2.